The fourth-order valence-electron chi connectivity index (χ4n) is 2.91. The predicted molar refractivity (Wildman–Crippen MR) is 114 cm³/mol. The molecule has 0 rings (SSSR count). The summed E-state index contributed by atoms with van der Waals surface area (Å²) in [4.78, 5) is 33.6. The Morgan fingerprint density at radius 1 is 0.828 bits per heavy atom. The molecular weight excluding hydrogens is 372 g/mol. The van der Waals surface area contributed by atoms with E-state index in [0.29, 0.717) is 25.0 Å². The number of carboxylic acid groups (broad SMARTS) is 1. The monoisotopic (exact) mass is 412 g/mol. The number of carbonyl (C=O) groups excluding carboxylic acids is 2. The number of carbonyl (C=O) groups is 3. The highest BCUT2D eigenvalue weighted by molar-refractivity contribution is 5.87. The molecule has 0 spiro atoms. The molecule has 0 bridgehead atoms. The molecule has 0 heterocycles. The molecule has 0 fully saturated rings. The maximum Gasteiger partial charge on any atom is 0.333 e. The standard InChI is InChI=1S/C23H40O6/c1-19(2)22(27)29-23(3,4)17-13-9-6-10-14-18-28-21(26)16-12-8-5-7-11-15-20(24)25/h1,5-18H2,2-4H3,(H,24,25). The van der Waals surface area contributed by atoms with Crippen LogP contribution in [0.4, 0.5) is 0 Å². The summed E-state index contributed by atoms with van der Waals surface area (Å²) >= 11 is 0. The van der Waals surface area contributed by atoms with E-state index in [1.54, 1.807) is 6.92 Å². The molecule has 6 heteroatoms. The van der Waals surface area contributed by atoms with Gasteiger partial charge in [-0.05, 0) is 52.9 Å². The molecule has 168 valence electrons. The van der Waals surface area contributed by atoms with Crippen LogP contribution in [0.2, 0.25) is 0 Å². The van der Waals surface area contributed by atoms with Gasteiger partial charge in [-0.2, -0.15) is 0 Å². The van der Waals surface area contributed by atoms with Crippen molar-refractivity contribution in [3.8, 4) is 0 Å². The molecule has 0 aromatic carbocycles. The summed E-state index contributed by atoms with van der Waals surface area (Å²) in [5.74, 6) is -1.23. The summed E-state index contributed by atoms with van der Waals surface area (Å²) in [5, 5.41) is 8.55. The van der Waals surface area contributed by atoms with Crippen molar-refractivity contribution in [1.29, 1.82) is 0 Å². The number of hydrogen-bond donors (Lipinski definition) is 1. The number of aliphatic carboxylic acids is 1. The average Bonchev–Trinajstić information content (AvgIpc) is 2.62. The quantitative estimate of drug-likeness (QED) is 0.179. The lowest BCUT2D eigenvalue weighted by Crippen LogP contribution is -2.28. The molecule has 29 heavy (non-hydrogen) atoms. The fourth-order valence-corrected chi connectivity index (χ4v) is 2.91. The summed E-state index contributed by atoms with van der Waals surface area (Å²) < 4.78 is 10.7. The summed E-state index contributed by atoms with van der Waals surface area (Å²) in [6.45, 7) is 9.56. The Balaban J connectivity index is 3.49. The first-order valence-electron chi connectivity index (χ1n) is 10.9. The van der Waals surface area contributed by atoms with Gasteiger partial charge in [0, 0.05) is 18.4 Å². The highest BCUT2D eigenvalue weighted by Crippen LogP contribution is 2.20. The van der Waals surface area contributed by atoms with Crippen LogP contribution in [-0.4, -0.2) is 35.2 Å². The number of unbranched alkanes of at least 4 members (excludes halogenated alkanes) is 8. The van der Waals surface area contributed by atoms with Crippen LogP contribution in [-0.2, 0) is 23.9 Å². The van der Waals surface area contributed by atoms with Gasteiger partial charge in [-0.15, -0.1) is 0 Å². The van der Waals surface area contributed by atoms with E-state index in [1.807, 2.05) is 13.8 Å². The first-order valence-corrected chi connectivity index (χ1v) is 10.9. The second-order valence-corrected chi connectivity index (χ2v) is 8.33. The zero-order chi connectivity index (χ0) is 22.1. The Bertz CT molecular complexity index is 509. The van der Waals surface area contributed by atoms with Gasteiger partial charge in [0.2, 0.25) is 0 Å². The Hall–Kier alpha value is -1.85. The van der Waals surface area contributed by atoms with Crippen molar-refractivity contribution in [2.75, 3.05) is 6.61 Å². The molecule has 0 unspecified atom stereocenters. The van der Waals surface area contributed by atoms with Crippen LogP contribution in [0.5, 0.6) is 0 Å². The number of carboxylic acids is 1. The lowest BCUT2D eigenvalue weighted by Gasteiger charge is -2.25. The van der Waals surface area contributed by atoms with Crippen LogP contribution in [0.1, 0.15) is 104 Å². The number of rotatable bonds is 18. The molecule has 0 amide bonds. The first-order chi connectivity index (χ1) is 13.6. The predicted octanol–water partition coefficient (Wildman–Crippen LogP) is 5.58. The molecule has 0 atom stereocenters. The van der Waals surface area contributed by atoms with Gasteiger partial charge in [0.05, 0.1) is 6.61 Å². The van der Waals surface area contributed by atoms with Gasteiger partial charge in [0.25, 0.3) is 0 Å². The van der Waals surface area contributed by atoms with Gasteiger partial charge in [-0.3, -0.25) is 9.59 Å². The van der Waals surface area contributed by atoms with E-state index >= 15 is 0 Å². The molecule has 0 aliphatic rings. The third kappa shape index (κ3) is 17.9. The smallest absolute Gasteiger partial charge is 0.333 e. The minimum atomic E-state index is -0.749. The van der Waals surface area contributed by atoms with Gasteiger partial charge < -0.3 is 14.6 Å². The average molecular weight is 413 g/mol. The van der Waals surface area contributed by atoms with Crippen molar-refractivity contribution < 1.29 is 29.0 Å². The normalized spacial score (nSPS) is 11.1. The highest BCUT2D eigenvalue weighted by atomic mass is 16.6. The molecule has 0 saturated carbocycles. The Labute approximate surface area is 176 Å². The van der Waals surface area contributed by atoms with Gasteiger partial charge >= 0.3 is 17.9 Å². The van der Waals surface area contributed by atoms with Crippen molar-refractivity contribution in [2.45, 2.75) is 110 Å². The maximum absolute atomic E-state index is 11.7. The highest BCUT2D eigenvalue weighted by Gasteiger charge is 2.22. The van der Waals surface area contributed by atoms with Crippen LogP contribution in [0.25, 0.3) is 0 Å². The van der Waals surface area contributed by atoms with Gasteiger partial charge in [0.1, 0.15) is 5.60 Å². The van der Waals surface area contributed by atoms with Crippen molar-refractivity contribution in [1.82, 2.24) is 0 Å². The third-order valence-corrected chi connectivity index (χ3v) is 4.68. The Morgan fingerprint density at radius 2 is 1.34 bits per heavy atom. The molecule has 0 aromatic rings. The van der Waals surface area contributed by atoms with E-state index in [-0.39, 0.29) is 18.4 Å². The third-order valence-electron chi connectivity index (χ3n) is 4.68. The first kappa shape index (κ1) is 27.1. The minimum Gasteiger partial charge on any atom is -0.481 e. The van der Waals surface area contributed by atoms with Crippen LogP contribution in [0.15, 0.2) is 12.2 Å². The zero-order valence-electron chi connectivity index (χ0n) is 18.6. The molecule has 0 radical (unpaired) electrons. The lowest BCUT2D eigenvalue weighted by atomic mass is 9.99. The van der Waals surface area contributed by atoms with E-state index < -0.39 is 11.6 Å². The molecule has 0 saturated heterocycles. The van der Waals surface area contributed by atoms with Crippen LogP contribution >= 0.6 is 0 Å². The van der Waals surface area contributed by atoms with Crippen LogP contribution in [0, 0.1) is 0 Å². The van der Waals surface area contributed by atoms with Gasteiger partial charge in [-0.25, -0.2) is 4.79 Å². The Kier molecular flexibility index (Phi) is 15.0. The van der Waals surface area contributed by atoms with Crippen molar-refractivity contribution in [3.63, 3.8) is 0 Å². The summed E-state index contributed by atoms with van der Waals surface area (Å²) in [5.41, 5.74) is -0.0506. The minimum absolute atomic E-state index is 0.142. The summed E-state index contributed by atoms with van der Waals surface area (Å²) in [6.07, 6.45) is 10.8. The summed E-state index contributed by atoms with van der Waals surface area (Å²) in [6, 6.07) is 0. The van der Waals surface area contributed by atoms with E-state index in [1.165, 1.54) is 0 Å². The molecule has 0 aliphatic heterocycles. The van der Waals surface area contributed by atoms with Crippen LogP contribution in [0.3, 0.4) is 0 Å². The molecule has 0 aromatic heterocycles. The molecule has 0 aliphatic carbocycles. The second kappa shape index (κ2) is 16.0. The van der Waals surface area contributed by atoms with Gasteiger partial charge in [-0.1, -0.05) is 45.1 Å². The molecule has 1 N–H and O–H groups in total. The van der Waals surface area contributed by atoms with E-state index in [2.05, 4.69) is 6.58 Å². The van der Waals surface area contributed by atoms with E-state index in [9.17, 15) is 14.4 Å². The van der Waals surface area contributed by atoms with Crippen LogP contribution < -0.4 is 0 Å². The van der Waals surface area contributed by atoms with E-state index in [4.69, 9.17) is 14.6 Å². The van der Waals surface area contributed by atoms with Crippen molar-refractivity contribution in [3.05, 3.63) is 12.2 Å². The topological polar surface area (TPSA) is 89.9 Å². The Morgan fingerprint density at radius 3 is 1.93 bits per heavy atom. The number of esters is 2. The zero-order valence-corrected chi connectivity index (χ0v) is 18.6. The number of hydrogen-bond acceptors (Lipinski definition) is 5. The van der Waals surface area contributed by atoms with Gasteiger partial charge in [0.15, 0.2) is 0 Å². The molecule has 6 nitrogen and oxygen atoms in total. The largest absolute Gasteiger partial charge is 0.481 e. The van der Waals surface area contributed by atoms with Crippen molar-refractivity contribution in [2.24, 2.45) is 0 Å². The lowest BCUT2D eigenvalue weighted by molar-refractivity contribution is -0.152. The summed E-state index contributed by atoms with van der Waals surface area (Å²) in [7, 11) is 0. The SMILES string of the molecule is C=C(C)C(=O)OC(C)(C)CCCCCCCOC(=O)CCCCCCCC(=O)O. The number of ether oxygens (including phenoxy) is 2. The fraction of sp³-hybridized carbons (Fsp3) is 0.783. The van der Waals surface area contributed by atoms with E-state index in [0.717, 1.165) is 64.2 Å². The molecular formula is C23H40O6. The maximum atomic E-state index is 11.7. The second-order valence-electron chi connectivity index (χ2n) is 8.33. The van der Waals surface area contributed by atoms with Crippen molar-refractivity contribution >= 4 is 17.9 Å².